The van der Waals surface area contributed by atoms with Crippen LogP contribution in [0.5, 0.6) is 0 Å². The molecule has 1 heterocycles. The van der Waals surface area contributed by atoms with Crippen LogP contribution in [0.15, 0.2) is 24.3 Å². The van der Waals surface area contributed by atoms with Crippen molar-refractivity contribution in [1.29, 1.82) is 0 Å². The largest absolute Gasteiger partial charge is 0.368 e. The molecule has 1 saturated heterocycles. The molecular formula is C18H25ClN2O2. The highest BCUT2D eigenvalue weighted by Crippen LogP contribution is 2.29. The molecule has 23 heavy (non-hydrogen) atoms. The monoisotopic (exact) mass is 336 g/mol. The molecule has 0 aromatic heterocycles. The Morgan fingerprint density at radius 2 is 2.04 bits per heavy atom. The molecule has 5 heteroatoms. The van der Waals surface area contributed by atoms with Crippen molar-refractivity contribution in [3.8, 4) is 0 Å². The summed E-state index contributed by atoms with van der Waals surface area (Å²) in [5, 5.41) is 4.07. The van der Waals surface area contributed by atoms with Gasteiger partial charge >= 0.3 is 0 Å². The minimum Gasteiger partial charge on any atom is -0.368 e. The molecule has 4 nitrogen and oxygen atoms in total. The average molecular weight is 337 g/mol. The lowest BCUT2D eigenvalue weighted by molar-refractivity contribution is -0.142. The van der Waals surface area contributed by atoms with Crippen LogP contribution in [0.25, 0.3) is 0 Å². The summed E-state index contributed by atoms with van der Waals surface area (Å²) in [6.07, 6.45) is 6.16. The lowest BCUT2D eigenvalue weighted by Gasteiger charge is -2.37. The lowest BCUT2D eigenvalue weighted by atomic mass is 9.98. The van der Waals surface area contributed by atoms with Gasteiger partial charge in [0.2, 0.25) is 5.91 Å². The van der Waals surface area contributed by atoms with E-state index in [1.807, 2.05) is 29.2 Å². The number of carbonyl (C=O) groups is 1. The van der Waals surface area contributed by atoms with Crippen LogP contribution >= 0.6 is 11.6 Å². The number of piperazine rings is 1. The molecule has 0 bridgehead atoms. The topological polar surface area (TPSA) is 41.6 Å². The molecular weight excluding hydrogens is 312 g/mol. The van der Waals surface area contributed by atoms with Crippen molar-refractivity contribution in [3.05, 3.63) is 34.9 Å². The summed E-state index contributed by atoms with van der Waals surface area (Å²) in [5.41, 5.74) is 1.01. The molecule has 1 N–H and O–H groups in total. The second-order valence-electron chi connectivity index (χ2n) is 6.40. The minimum atomic E-state index is -0.0140. The summed E-state index contributed by atoms with van der Waals surface area (Å²) in [7, 11) is 0. The van der Waals surface area contributed by atoms with Gasteiger partial charge in [-0.3, -0.25) is 4.79 Å². The molecule has 0 spiro atoms. The smallest absolute Gasteiger partial charge is 0.249 e. The van der Waals surface area contributed by atoms with Crippen LogP contribution in [0.4, 0.5) is 0 Å². The SMILES string of the molecule is O=C(COC1CCCCC1)N1CCNCC1c1ccccc1Cl. The highest BCUT2D eigenvalue weighted by atomic mass is 35.5. The van der Waals surface area contributed by atoms with Crippen LogP contribution in [0.3, 0.4) is 0 Å². The van der Waals surface area contributed by atoms with Crippen molar-refractivity contribution < 1.29 is 9.53 Å². The van der Waals surface area contributed by atoms with E-state index in [-0.39, 0.29) is 24.7 Å². The van der Waals surface area contributed by atoms with Crippen LogP contribution in [-0.4, -0.2) is 43.2 Å². The Hall–Kier alpha value is -1.10. The molecule has 1 aromatic carbocycles. The van der Waals surface area contributed by atoms with Crippen molar-refractivity contribution in [1.82, 2.24) is 10.2 Å². The average Bonchev–Trinajstić information content (AvgIpc) is 2.61. The van der Waals surface area contributed by atoms with E-state index in [1.54, 1.807) is 0 Å². The van der Waals surface area contributed by atoms with Crippen LogP contribution in [0, 0.1) is 0 Å². The molecule has 1 aliphatic heterocycles. The van der Waals surface area contributed by atoms with E-state index >= 15 is 0 Å². The zero-order valence-electron chi connectivity index (χ0n) is 13.5. The van der Waals surface area contributed by atoms with Gasteiger partial charge < -0.3 is 15.0 Å². The van der Waals surface area contributed by atoms with Crippen LogP contribution in [0.1, 0.15) is 43.7 Å². The lowest BCUT2D eigenvalue weighted by Crippen LogP contribution is -2.50. The van der Waals surface area contributed by atoms with Crippen LogP contribution < -0.4 is 5.32 Å². The van der Waals surface area contributed by atoms with Crippen molar-refractivity contribution in [2.45, 2.75) is 44.2 Å². The van der Waals surface area contributed by atoms with Gasteiger partial charge in [0.1, 0.15) is 6.61 Å². The maximum absolute atomic E-state index is 12.7. The molecule has 1 saturated carbocycles. The van der Waals surface area contributed by atoms with Gasteiger partial charge in [0, 0.05) is 24.7 Å². The van der Waals surface area contributed by atoms with Gasteiger partial charge in [-0.05, 0) is 24.5 Å². The fourth-order valence-corrected chi connectivity index (χ4v) is 3.79. The van der Waals surface area contributed by atoms with E-state index in [2.05, 4.69) is 5.32 Å². The number of halogens is 1. The Balaban J connectivity index is 1.63. The van der Waals surface area contributed by atoms with E-state index in [1.165, 1.54) is 19.3 Å². The van der Waals surface area contributed by atoms with Crippen LogP contribution in [0.2, 0.25) is 5.02 Å². The van der Waals surface area contributed by atoms with Gasteiger partial charge in [0.25, 0.3) is 0 Å². The number of nitrogens with one attached hydrogen (secondary N) is 1. The summed E-state index contributed by atoms with van der Waals surface area (Å²) >= 11 is 6.33. The van der Waals surface area contributed by atoms with E-state index < -0.39 is 0 Å². The maximum Gasteiger partial charge on any atom is 0.249 e. The molecule has 1 atom stereocenters. The van der Waals surface area contributed by atoms with Gasteiger partial charge in [0.15, 0.2) is 0 Å². The first-order valence-electron chi connectivity index (χ1n) is 8.62. The number of nitrogens with zero attached hydrogens (tertiary/aromatic N) is 1. The molecule has 0 radical (unpaired) electrons. The van der Waals surface area contributed by atoms with E-state index in [0.29, 0.717) is 11.6 Å². The van der Waals surface area contributed by atoms with Crippen molar-refractivity contribution >= 4 is 17.5 Å². The Labute approximate surface area is 143 Å². The van der Waals surface area contributed by atoms with Crippen molar-refractivity contribution in [2.75, 3.05) is 26.2 Å². The third-order valence-electron chi connectivity index (χ3n) is 4.82. The number of amides is 1. The zero-order valence-corrected chi connectivity index (χ0v) is 14.2. The summed E-state index contributed by atoms with van der Waals surface area (Å²) in [6.45, 7) is 2.43. The summed E-state index contributed by atoms with van der Waals surface area (Å²) in [5.74, 6) is 0.0713. The van der Waals surface area contributed by atoms with Gasteiger partial charge in [0.05, 0.1) is 12.1 Å². The predicted octanol–water partition coefficient (Wildman–Crippen LogP) is 3.16. The van der Waals surface area contributed by atoms with Gasteiger partial charge in [-0.15, -0.1) is 0 Å². The molecule has 1 amide bonds. The standard InChI is InChI=1S/C18H25ClN2O2/c19-16-9-5-4-8-15(16)17-12-20-10-11-21(17)18(22)13-23-14-6-2-1-3-7-14/h4-5,8-9,14,17,20H,1-3,6-7,10-13H2. The fraction of sp³-hybridized carbons (Fsp3) is 0.611. The number of benzene rings is 1. The quantitative estimate of drug-likeness (QED) is 0.918. The van der Waals surface area contributed by atoms with E-state index in [4.69, 9.17) is 16.3 Å². The molecule has 1 aromatic rings. The molecule has 1 unspecified atom stereocenters. The third kappa shape index (κ3) is 4.25. The van der Waals surface area contributed by atoms with Crippen molar-refractivity contribution in [2.24, 2.45) is 0 Å². The summed E-state index contributed by atoms with van der Waals surface area (Å²) < 4.78 is 5.87. The number of ether oxygens (including phenoxy) is 1. The molecule has 126 valence electrons. The number of hydrogen-bond acceptors (Lipinski definition) is 3. The maximum atomic E-state index is 12.7. The Bertz CT molecular complexity index is 532. The van der Waals surface area contributed by atoms with Gasteiger partial charge in [-0.1, -0.05) is 49.1 Å². The molecule has 2 aliphatic rings. The fourth-order valence-electron chi connectivity index (χ4n) is 3.53. The second-order valence-corrected chi connectivity index (χ2v) is 6.81. The third-order valence-corrected chi connectivity index (χ3v) is 5.17. The Morgan fingerprint density at radius 1 is 1.26 bits per heavy atom. The number of rotatable bonds is 4. The number of carbonyl (C=O) groups excluding carboxylic acids is 1. The van der Waals surface area contributed by atoms with E-state index in [0.717, 1.165) is 31.5 Å². The molecule has 2 fully saturated rings. The molecule has 3 rings (SSSR count). The first-order valence-corrected chi connectivity index (χ1v) is 8.99. The first-order chi connectivity index (χ1) is 11.3. The Kier molecular flexibility index (Phi) is 5.92. The normalized spacial score (nSPS) is 23.0. The highest BCUT2D eigenvalue weighted by Gasteiger charge is 2.29. The predicted molar refractivity (Wildman–Crippen MR) is 91.6 cm³/mol. The van der Waals surface area contributed by atoms with Crippen molar-refractivity contribution in [3.63, 3.8) is 0 Å². The second kappa shape index (κ2) is 8.13. The first kappa shape index (κ1) is 16.7. The summed E-state index contributed by atoms with van der Waals surface area (Å²) in [4.78, 5) is 14.6. The summed E-state index contributed by atoms with van der Waals surface area (Å²) in [6, 6.07) is 7.76. The number of hydrogen-bond donors (Lipinski definition) is 1. The van der Waals surface area contributed by atoms with Gasteiger partial charge in [-0.25, -0.2) is 0 Å². The highest BCUT2D eigenvalue weighted by molar-refractivity contribution is 6.31. The van der Waals surface area contributed by atoms with Gasteiger partial charge in [-0.2, -0.15) is 0 Å². The Morgan fingerprint density at radius 3 is 2.83 bits per heavy atom. The zero-order chi connectivity index (χ0) is 16.1. The molecule has 1 aliphatic carbocycles. The van der Waals surface area contributed by atoms with E-state index in [9.17, 15) is 4.79 Å². The van der Waals surface area contributed by atoms with Crippen LogP contribution in [-0.2, 0) is 9.53 Å². The minimum absolute atomic E-state index is 0.0140.